The number of carbonyl (C=O) groups excluding carboxylic acids is 1. The van der Waals surface area contributed by atoms with E-state index in [9.17, 15) is 4.79 Å². The summed E-state index contributed by atoms with van der Waals surface area (Å²) in [5.41, 5.74) is 3.63. The van der Waals surface area contributed by atoms with Crippen molar-refractivity contribution in [1.82, 2.24) is 20.2 Å². The van der Waals surface area contributed by atoms with Gasteiger partial charge in [-0.1, -0.05) is 35.5 Å². The summed E-state index contributed by atoms with van der Waals surface area (Å²) in [6.07, 6.45) is 0.254. The Morgan fingerprint density at radius 3 is 2.69 bits per heavy atom. The van der Waals surface area contributed by atoms with Crippen LogP contribution in [-0.4, -0.2) is 38.4 Å². The van der Waals surface area contributed by atoms with Crippen LogP contribution >= 0.6 is 23.4 Å². The number of hydrogen-bond donors (Lipinski definition) is 0. The maximum Gasteiger partial charge on any atom is 0.237 e. The lowest BCUT2D eigenvalue weighted by Gasteiger charge is -2.22. The van der Waals surface area contributed by atoms with Gasteiger partial charge in [0.1, 0.15) is 0 Å². The predicted molar refractivity (Wildman–Crippen MR) is 113 cm³/mol. The van der Waals surface area contributed by atoms with Crippen LogP contribution in [0.25, 0.3) is 5.69 Å². The van der Waals surface area contributed by atoms with Crippen LogP contribution in [-0.2, 0) is 4.79 Å². The van der Waals surface area contributed by atoms with E-state index in [0.717, 1.165) is 16.8 Å². The molecule has 0 atom stereocenters. The summed E-state index contributed by atoms with van der Waals surface area (Å²) in [4.78, 5) is 14.6. The minimum absolute atomic E-state index is 0.115. The number of rotatable bonds is 7. The maximum absolute atomic E-state index is 13.0. The van der Waals surface area contributed by atoms with Crippen molar-refractivity contribution in [3.8, 4) is 11.8 Å². The van der Waals surface area contributed by atoms with E-state index in [1.807, 2.05) is 44.2 Å². The lowest BCUT2D eigenvalue weighted by atomic mass is 10.1. The summed E-state index contributed by atoms with van der Waals surface area (Å²) >= 11 is 7.29. The van der Waals surface area contributed by atoms with E-state index < -0.39 is 0 Å². The minimum Gasteiger partial charge on any atom is -0.311 e. The molecule has 0 radical (unpaired) electrons. The average Bonchev–Trinajstić information content (AvgIpc) is 3.14. The van der Waals surface area contributed by atoms with Crippen LogP contribution in [0.1, 0.15) is 17.5 Å². The second-order valence-electron chi connectivity index (χ2n) is 6.44. The third-order valence-corrected chi connectivity index (χ3v) is 5.22. The zero-order chi connectivity index (χ0) is 20.8. The molecule has 148 valence electrons. The molecule has 1 amide bonds. The van der Waals surface area contributed by atoms with Gasteiger partial charge in [0.2, 0.25) is 11.1 Å². The fraction of sp³-hybridized carbons (Fsp3) is 0.250. The molecule has 9 heteroatoms. The molecule has 3 rings (SSSR count). The first-order valence-electron chi connectivity index (χ1n) is 8.90. The van der Waals surface area contributed by atoms with Crippen molar-refractivity contribution in [2.45, 2.75) is 25.4 Å². The lowest BCUT2D eigenvalue weighted by Crippen LogP contribution is -2.33. The summed E-state index contributed by atoms with van der Waals surface area (Å²) in [6.45, 7) is 4.30. The van der Waals surface area contributed by atoms with Crippen molar-refractivity contribution in [2.24, 2.45) is 0 Å². The van der Waals surface area contributed by atoms with Crippen molar-refractivity contribution in [1.29, 1.82) is 5.26 Å². The summed E-state index contributed by atoms with van der Waals surface area (Å²) in [6, 6.07) is 15.2. The maximum atomic E-state index is 13.0. The summed E-state index contributed by atoms with van der Waals surface area (Å²) < 4.78 is 1.54. The highest BCUT2D eigenvalue weighted by Crippen LogP contribution is 2.24. The number of nitrogens with zero attached hydrogens (tertiary/aromatic N) is 6. The molecule has 0 aliphatic heterocycles. The molecule has 0 aliphatic rings. The average molecular weight is 427 g/mol. The first kappa shape index (κ1) is 20.8. The molecule has 0 spiro atoms. The molecule has 0 bridgehead atoms. The van der Waals surface area contributed by atoms with Gasteiger partial charge in [0.15, 0.2) is 0 Å². The van der Waals surface area contributed by atoms with E-state index >= 15 is 0 Å². The van der Waals surface area contributed by atoms with E-state index in [1.165, 1.54) is 11.8 Å². The Hall–Kier alpha value is -2.89. The zero-order valence-electron chi connectivity index (χ0n) is 16.0. The summed E-state index contributed by atoms with van der Waals surface area (Å²) in [5, 5.41) is 21.8. The number of thioether (sulfide) groups is 1. The quantitative estimate of drug-likeness (QED) is 0.531. The number of halogens is 1. The molecular formula is C20H19ClN6OS. The number of anilines is 1. The smallest absolute Gasteiger partial charge is 0.237 e. The van der Waals surface area contributed by atoms with Gasteiger partial charge >= 0.3 is 0 Å². The molecule has 0 fully saturated rings. The number of nitriles is 1. The Labute approximate surface area is 178 Å². The number of amides is 1. The molecule has 0 saturated carbocycles. The van der Waals surface area contributed by atoms with Gasteiger partial charge in [0.25, 0.3) is 0 Å². The van der Waals surface area contributed by atoms with Crippen molar-refractivity contribution < 1.29 is 4.79 Å². The predicted octanol–water partition coefficient (Wildman–Crippen LogP) is 3.97. The Bertz CT molecular complexity index is 1040. The monoisotopic (exact) mass is 426 g/mol. The van der Waals surface area contributed by atoms with Crippen LogP contribution in [0.15, 0.2) is 47.6 Å². The molecule has 7 nitrogen and oxygen atoms in total. The normalized spacial score (nSPS) is 10.6. The molecule has 29 heavy (non-hydrogen) atoms. The first-order chi connectivity index (χ1) is 14.0. The van der Waals surface area contributed by atoms with Gasteiger partial charge in [-0.15, -0.1) is 5.10 Å². The van der Waals surface area contributed by atoms with Crippen LogP contribution in [0.5, 0.6) is 0 Å². The van der Waals surface area contributed by atoms with Gasteiger partial charge in [0, 0.05) is 17.3 Å². The van der Waals surface area contributed by atoms with Gasteiger partial charge in [0.05, 0.1) is 23.9 Å². The van der Waals surface area contributed by atoms with E-state index in [-0.39, 0.29) is 18.1 Å². The van der Waals surface area contributed by atoms with Crippen LogP contribution in [0.3, 0.4) is 0 Å². The summed E-state index contributed by atoms with van der Waals surface area (Å²) in [5.74, 6) is 0.0233. The zero-order valence-corrected chi connectivity index (χ0v) is 17.6. The van der Waals surface area contributed by atoms with Crippen LogP contribution in [0, 0.1) is 25.2 Å². The number of aryl methyl sites for hydroxylation is 2. The largest absolute Gasteiger partial charge is 0.311 e. The second-order valence-corrected chi connectivity index (χ2v) is 7.82. The highest BCUT2D eigenvalue weighted by molar-refractivity contribution is 7.99. The Morgan fingerprint density at radius 2 is 2.00 bits per heavy atom. The molecular weight excluding hydrogens is 408 g/mol. The Morgan fingerprint density at radius 1 is 1.24 bits per heavy atom. The van der Waals surface area contributed by atoms with Crippen LogP contribution < -0.4 is 4.90 Å². The molecule has 1 aromatic heterocycles. The van der Waals surface area contributed by atoms with Gasteiger partial charge in [-0.05, 0) is 65.7 Å². The molecule has 1 heterocycles. The third-order valence-electron chi connectivity index (χ3n) is 4.08. The summed E-state index contributed by atoms with van der Waals surface area (Å²) in [7, 11) is 0. The molecule has 0 unspecified atom stereocenters. The van der Waals surface area contributed by atoms with Crippen molar-refractivity contribution >= 4 is 35.0 Å². The van der Waals surface area contributed by atoms with Gasteiger partial charge in [-0.3, -0.25) is 4.79 Å². The van der Waals surface area contributed by atoms with Gasteiger partial charge in [-0.25, -0.2) is 0 Å². The fourth-order valence-electron chi connectivity index (χ4n) is 2.91. The number of hydrogen-bond acceptors (Lipinski definition) is 6. The highest BCUT2D eigenvalue weighted by atomic mass is 35.5. The van der Waals surface area contributed by atoms with Crippen molar-refractivity contribution in [3.05, 3.63) is 58.6 Å². The van der Waals surface area contributed by atoms with E-state index in [4.69, 9.17) is 16.9 Å². The van der Waals surface area contributed by atoms with Crippen LogP contribution in [0.4, 0.5) is 5.69 Å². The Kier molecular flexibility index (Phi) is 6.86. The standard InChI is InChI=1S/C20H19ClN6OS/c1-14-9-15(2)11-18(10-14)26(8-4-7-22)19(28)13-29-20-23-24-25-27(20)17-6-3-5-16(21)12-17/h3,5-6,9-12H,4,8,13H2,1-2H3. The van der Waals surface area contributed by atoms with Crippen molar-refractivity contribution in [3.63, 3.8) is 0 Å². The molecule has 0 aliphatic carbocycles. The van der Waals surface area contributed by atoms with E-state index in [0.29, 0.717) is 22.4 Å². The third kappa shape index (κ3) is 5.34. The SMILES string of the molecule is Cc1cc(C)cc(N(CCC#N)C(=O)CSc2nnnn2-c2cccc(Cl)c2)c1. The molecule has 2 aromatic carbocycles. The second kappa shape index (κ2) is 9.54. The van der Waals surface area contributed by atoms with Crippen LogP contribution in [0.2, 0.25) is 5.02 Å². The molecule has 0 N–H and O–H groups in total. The number of benzene rings is 2. The minimum atomic E-state index is -0.115. The van der Waals surface area contributed by atoms with E-state index in [1.54, 1.807) is 21.7 Å². The number of carbonyl (C=O) groups is 1. The van der Waals surface area contributed by atoms with Crippen molar-refractivity contribution in [2.75, 3.05) is 17.2 Å². The van der Waals surface area contributed by atoms with Gasteiger partial charge < -0.3 is 4.90 Å². The Balaban J connectivity index is 1.78. The fourth-order valence-corrected chi connectivity index (χ4v) is 3.86. The number of aromatic nitrogens is 4. The molecule has 0 saturated heterocycles. The lowest BCUT2D eigenvalue weighted by molar-refractivity contribution is -0.116. The highest BCUT2D eigenvalue weighted by Gasteiger charge is 2.19. The first-order valence-corrected chi connectivity index (χ1v) is 10.3. The topological polar surface area (TPSA) is 87.7 Å². The van der Waals surface area contributed by atoms with Gasteiger partial charge in [-0.2, -0.15) is 9.94 Å². The number of tetrazole rings is 1. The molecule has 3 aromatic rings. The van der Waals surface area contributed by atoms with E-state index in [2.05, 4.69) is 21.6 Å².